The Bertz CT molecular complexity index is 362. The molecule has 0 amide bonds. The summed E-state index contributed by atoms with van der Waals surface area (Å²) in [6, 6.07) is 8.44. The molecule has 0 spiro atoms. The third kappa shape index (κ3) is 6.45. The second-order valence-electron chi connectivity index (χ2n) is 6.72. The highest BCUT2D eigenvalue weighted by atomic mass is 16.5. The minimum absolute atomic E-state index is 0.150. The molecule has 0 heterocycles. The molecule has 1 aromatic rings. The molecule has 0 saturated carbocycles. The van der Waals surface area contributed by atoms with Gasteiger partial charge in [-0.1, -0.05) is 84.4 Å². The maximum Gasteiger partial charge on any atom is 0.123 e. The molecule has 0 saturated heterocycles. The van der Waals surface area contributed by atoms with E-state index in [-0.39, 0.29) is 5.41 Å². The molecule has 1 heteroatoms. The summed E-state index contributed by atoms with van der Waals surface area (Å²) in [6.45, 7) is 9.83. The molecule has 0 aliphatic rings. The van der Waals surface area contributed by atoms with Crippen LogP contribution in [0.15, 0.2) is 24.3 Å². The number of rotatable bonds is 9. The van der Waals surface area contributed by atoms with Gasteiger partial charge in [0.05, 0.1) is 6.61 Å². The van der Waals surface area contributed by atoms with Crippen molar-refractivity contribution in [3.63, 3.8) is 0 Å². The largest absolute Gasteiger partial charge is 0.493 e. The van der Waals surface area contributed by atoms with Gasteiger partial charge in [-0.05, 0) is 23.5 Å². The summed E-state index contributed by atoms with van der Waals surface area (Å²) < 4.78 is 5.99. The highest BCUT2D eigenvalue weighted by molar-refractivity contribution is 5.38. The minimum atomic E-state index is 0.150. The van der Waals surface area contributed by atoms with Crippen molar-refractivity contribution in [2.45, 2.75) is 78.1 Å². The van der Waals surface area contributed by atoms with E-state index in [2.05, 4.69) is 52.0 Å². The first-order valence-corrected chi connectivity index (χ1v) is 8.28. The van der Waals surface area contributed by atoms with Gasteiger partial charge < -0.3 is 4.74 Å². The standard InChI is InChI=1S/C19H32O/c1-5-6-7-8-9-10-13-16-20-18-15-12-11-14-17(18)19(2,3)4/h11-12,14-15H,5-10,13,16H2,1-4H3. The molecular formula is C19H32O. The van der Waals surface area contributed by atoms with Gasteiger partial charge in [-0.3, -0.25) is 0 Å². The minimum Gasteiger partial charge on any atom is -0.493 e. The van der Waals surface area contributed by atoms with E-state index in [4.69, 9.17) is 4.74 Å². The van der Waals surface area contributed by atoms with Crippen LogP contribution in [0.2, 0.25) is 0 Å². The zero-order valence-electron chi connectivity index (χ0n) is 13.9. The van der Waals surface area contributed by atoms with Crippen LogP contribution in [0.4, 0.5) is 0 Å². The van der Waals surface area contributed by atoms with Crippen LogP contribution in [0.25, 0.3) is 0 Å². The summed E-state index contributed by atoms with van der Waals surface area (Å²) >= 11 is 0. The molecule has 0 fully saturated rings. The zero-order chi connectivity index (χ0) is 14.8. The van der Waals surface area contributed by atoms with Crippen LogP contribution in [0.1, 0.15) is 78.2 Å². The fraction of sp³-hybridized carbons (Fsp3) is 0.684. The Balaban J connectivity index is 2.26. The van der Waals surface area contributed by atoms with Crippen molar-refractivity contribution < 1.29 is 4.74 Å². The summed E-state index contributed by atoms with van der Waals surface area (Å²) in [4.78, 5) is 0. The summed E-state index contributed by atoms with van der Waals surface area (Å²) in [6.07, 6.45) is 9.30. The van der Waals surface area contributed by atoms with Gasteiger partial charge in [-0.15, -0.1) is 0 Å². The van der Waals surface area contributed by atoms with Crippen LogP contribution in [0, 0.1) is 0 Å². The van der Waals surface area contributed by atoms with Crippen molar-refractivity contribution in [2.75, 3.05) is 6.61 Å². The summed E-state index contributed by atoms with van der Waals surface area (Å²) in [5, 5.41) is 0. The lowest BCUT2D eigenvalue weighted by Gasteiger charge is -2.22. The lowest BCUT2D eigenvalue weighted by molar-refractivity contribution is 0.296. The van der Waals surface area contributed by atoms with E-state index in [0.29, 0.717) is 0 Å². The molecule has 0 aromatic heterocycles. The maximum atomic E-state index is 5.99. The van der Waals surface area contributed by atoms with Gasteiger partial charge in [0.15, 0.2) is 0 Å². The van der Waals surface area contributed by atoms with Crippen molar-refractivity contribution in [3.05, 3.63) is 29.8 Å². The van der Waals surface area contributed by atoms with Crippen LogP contribution in [-0.4, -0.2) is 6.61 Å². The van der Waals surface area contributed by atoms with Crippen molar-refractivity contribution in [2.24, 2.45) is 0 Å². The number of unbranched alkanes of at least 4 members (excludes halogenated alkanes) is 6. The first-order chi connectivity index (χ1) is 9.55. The quantitative estimate of drug-likeness (QED) is 0.494. The number of ether oxygens (including phenoxy) is 1. The molecule has 1 rings (SSSR count). The highest BCUT2D eigenvalue weighted by Crippen LogP contribution is 2.31. The van der Waals surface area contributed by atoms with Crippen LogP contribution in [0.5, 0.6) is 5.75 Å². The molecule has 0 atom stereocenters. The third-order valence-electron chi connectivity index (χ3n) is 3.70. The van der Waals surface area contributed by atoms with Crippen molar-refractivity contribution >= 4 is 0 Å². The van der Waals surface area contributed by atoms with Gasteiger partial charge in [-0.25, -0.2) is 0 Å². The number of hydrogen-bond acceptors (Lipinski definition) is 1. The van der Waals surface area contributed by atoms with Crippen LogP contribution in [-0.2, 0) is 5.41 Å². The number of hydrogen-bond donors (Lipinski definition) is 0. The smallest absolute Gasteiger partial charge is 0.123 e. The Labute approximate surface area is 125 Å². The van der Waals surface area contributed by atoms with E-state index in [1.165, 1.54) is 50.5 Å². The molecule has 0 aliphatic heterocycles. The predicted octanol–water partition coefficient (Wildman–Crippen LogP) is 6.11. The summed E-state index contributed by atoms with van der Waals surface area (Å²) in [5.41, 5.74) is 1.46. The third-order valence-corrected chi connectivity index (χ3v) is 3.70. The molecule has 0 N–H and O–H groups in total. The Kier molecular flexibility index (Phi) is 7.72. The van der Waals surface area contributed by atoms with Gasteiger partial charge >= 0.3 is 0 Å². The Morgan fingerprint density at radius 1 is 0.850 bits per heavy atom. The molecule has 20 heavy (non-hydrogen) atoms. The van der Waals surface area contributed by atoms with E-state index < -0.39 is 0 Å². The first kappa shape index (κ1) is 17.1. The van der Waals surface area contributed by atoms with E-state index in [9.17, 15) is 0 Å². The monoisotopic (exact) mass is 276 g/mol. The van der Waals surface area contributed by atoms with Crippen molar-refractivity contribution in [1.82, 2.24) is 0 Å². The molecule has 0 bridgehead atoms. The van der Waals surface area contributed by atoms with E-state index in [1.807, 2.05) is 0 Å². The molecular weight excluding hydrogens is 244 g/mol. The lowest BCUT2D eigenvalue weighted by atomic mass is 9.86. The fourth-order valence-electron chi connectivity index (χ4n) is 2.45. The SMILES string of the molecule is CCCCCCCCCOc1ccccc1C(C)(C)C. The van der Waals surface area contributed by atoms with Crippen LogP contribution >= 0.6 is 0 Å². The van der Waals surface area contributed by atoms with E-state index in [0.717, 1.165) is 12.4 Å². The van der Waals surface area contributed by atoms with Crippen LogP contribution in [0.3, 0.4) is 0 Å². The molecule has 1 nitrogen and oxygen atoms in total. The average molecular weight is 276 g/mol. The molecule has 0 aliphatic carbocycles. The molecule has 1 aromatic carbocycles. The zero-order valence-corrected chi connectivity index (χ0v) is 13.9. The van der Waals surface area contributed by atoms with Crippen molar-refractivity contribution in [1.29, 1.82) is 0 Å². The van der Waals surface area contributed by atoms with Crippen molar-refractivity contribution in [3.8, 4) is 5.75 Å². The Hall–Kier alpha value is -0.980. The van der Waals surface area contributed by atoms with E-state index in [1.54, 1.807) is 0 Å². The van der Waals surface area contributed by atoms with Gasteiger partial charge in [0.1, 0.15) is 5.75 Å². The Morgan fingerprint density at radius 3 is 2.10 bits per heavy atom. The fourth-order valence-corrected chi connectivity index (χ4v) is 2.45. The van der Waals surface area contributed by atoms with Gasteiger partial charge in [0, 0.05) is 0 Å². The normalized spacial score (nSPS) is 11.6. The molecule has 0 unspecified atom stereocenters. The van der Waals surface area contributed by atoms with Gasteiger partial charge in [0.25, 0.3) is 0 Å². The Morgan fingerprint density at radius 2 is 1.45 bits per heavy atom. The second-order valence-corrected chi connectivity index (χ2v) is 6.72. The highest BCUT2D eigenvalue weighted by Gasteiger charge is 2.17. The van der Waals surface area contributed by atoms with Gasteiger partial charge in [-0.2, -0.15) is 0 Å². The predicted molar refractivity (Wildman–Crippen MR) is 88.6 cm³/mol. The summed E-state index contributed by atoms with van der Waals surface area (Å²) in [5.74, 6) is 1.06. The topological polar surface area (TPSA) is 9.23 Å². The first-order valence-electron chi connectivity index (χ1n) is 8.28. The maximum absolute atomic E-state index is 5.99. The number of benzene rings is 1. The number of para-hydroxylation sites is 1. The van der Waals surface area contributed by atoms with E-state index >= 15 is 0 Å². The second kappa shape index (κ2) is 9.05. The van der Waals surface area contributed by atoms with Gasteiger partial charge in [0.2, 0.25) is 0 Å². The summed E-state index contributed by atoms with van der Waals surface area (Å²) in [7, 11) is 0. The average Bonchev–Trinajstić information content (AvgIpc) is 2.41. The molecule has 0 radical (unpaired) electrons. The lowest BCUT2D eigenvalue weighted by Crippen LogP contribution is -2.13. The van der Waals surface area contributed by atoms with Crippen LogP contribution < -0.4 is 4.74 Å². The molecule has 114 valence electrons.